The maximum atomic E-state index is 5.65. The molecule has 1 atom stereocenters. The lowest BCUT2D eigenvalue weighted by Crippen LogP contribution is -2.02. The highest BCUT2D eigenvalue weighted by Gasteiger charge is 2.06. The zero-order valence-corrected chi connectivity index (χ0v) is 12.3. The number of aromatic nitrogens is 2. The Morgan fingerprint density at radius 2 is 1.85 bits per heavy atom. The lowest BCUT2D eigenvalue weighted by Gasteiger charge is -2.09. The molecule has 4 heteroatoms. The van der Waals surface area contributed by atoms with Gasteiger partial charge >= 0.3 is 0 Å². The van der Waals surface area contributed by atoms with Crippen LogP contribution in [0.25, 0.3) is 0 Å². The van der Waals surface area contributed by atoms with Crippen molar-refractivity contribution in [2.75, 3.05) is 6.61 Å². The summed E-state index contributed by atoms with van der Waals surface area (Å²) in [4.78, 5) is 8.37. The van der Waals surface area contributed by atoms with E-state index in [0.717, 1.165) is 24.6 Å². The van der Waals surface area contributed by atoms with E-state index in [2.05, 4.69) is 29.0 Å². The molecule has 1 unspecified atom stereocenters. The van der Waals surface area contributed by atoms with Gasteiger partial charge in [-0.2, -0.15) is 0 Å². The van der Waals surface area contributed by atoms with E-state index in [0.29, 0.717) is 6.61 Å². The highest BCUT2D eigenvalue weighted by Crippen LogP contribution is 2.21. The summed E-state index contributed by atoms with van der Waals surface area (Å²) in [6.07, 6.45) is 5.51. The monoisotopic (exact) mass is 287 g/mol. The van der Waals surface area contributed by atoms with Crippen LogP contribution in [0.1, 0.15) is 18.4 Å². The number of hydrogen-bond donors (Lipinski definition) is 0. The average molecular weight is 287 g/mol. The highest BCUT2D eigenvalue weighted by molar-refractivity contribution is 7.99. The first-order valence-electron chi connectivity index (χ1n) is 6.73. The summed E-state index contributed by atoms with van der Waals surface area (Å²) < 4.78 is 5.65. The summed E-state index contributed by atoms with van der Waals surface area (Å²) in [5.74, 6) is 0. The second-order valence-electron chi connectivity index (χ2n) is 4.45. The quantitative estimate of drug-likeness (QED) is 0.420. The summed E-state index contributed by atoms with van der Waals surface area (Å²) in [7, 11) is 0. The molecule has 0 saturated heterocycles. The van der Waals surface area contributed by atoms with Crippen LogP contribution in [-0.2, 0) is 11.3 Å². The smallest absolute Gasteiger partial charge is 0.187 e. The fourth-order valence-corrected chi connectivity index (χ4v) is 2.56. The minimum Gasteiger partial charge on any atom is -0.377 e. The summed E-state index contributed by atoms with van der Waals surface area (Å²) in [5.41, 5.74) is 1.21. The summed E-state index contributed by atoms with van der Waals surface area (Å²) >= 11 is 1.61. The van der Waals surface area contributed by atoms with Gasteiger partial charge in [0, 0.05) is 24.3 Å². The van der Waals surface area contributed by atoms with Gasteiger partial charge in [0.25, 0.3) is 0 Å². The third-order valence-corrected chi connectivity index (χ3v) is 3.73. The Balaban J connectivity index is 1.57. The van der Waals surface area contributed by atoms with Gasteiger partial charge in [-0.25, -0.2) is 9.97 Å². The van der Waals surface area contributed by atoms with Crippen LogP contribution in [0.5, 0.6) is 0 Å². The lowest BCUT2D eigenvalue weighted by atomic mass is 10.2. The molecule has 0 aliphatic rings. The molecule has 20 heavy (non-hydrogen) atoms. The highest BCUT2D eigenvalue weighted by atomic mass is 32.2. The lowest BCUT2D eigenvalue weighted by molar-refractivity contribution is 0.117. The molecule has 1 heterocycles. The van der Waals surface area contributed by atoms with Crippen LogP contribution in [0.2, 0.25) is 0 Å². The first-order chi connectivity index (χ1) is 9.84. The van der Waals surface area contributed by atoms with E-state index in [1.54, 1.807) is 24.2 Å². The first kappa shape index (κ1) is 15.0. The molecule has 1 aromatic heterocycles. The number of rotatable bonds is 8. The van der Waals surface area contributed by atoms with E-state index in [4.69, 9.17) is 4.74 Å². The third-order valence-electron chi connectivity index (χ3n) is 2.74. The number of benzene rings is 1. The van der Waals surface area contributed by atoms with E-state index < -0.39 is 0 Å². The van der Waals surface area contributed by atoms with Gasteiger partial charge in [0.1, 0.15) is 0 Å². The van der Waals surface area contributed by atoms with E-state index in [1.165, 1.54) is 5.56 Å². The Kier molecular flexibility index (Phi) is 6.54. The fraction of sp³-hybridized carbons (Fsp3) is 0.312. The average Bonchev–Trinajstić information content (AvgIpc) is 2.49. The van der Waals surface area contributed by atoms with E-state index in [-0.39, 0.29) is 5.25 Å². The van der Waals surface area contributed by atoms with Gasteiger partial charge in [-0.05, 0) is 31.4 Å². The number of ether oxygens (including phenoxy) is 1. The maximum absolute atomic E-state index is 5.65. The molecule has 3 nitrogen and oxygen atoms in total. The Bertz CT molecular complexity index is 478. The molecule has 0 aliphatic heterocycles. The van der Waals surface area contributed by atoms with Crippen molar-refractivity contribution in [3.8, 4) is 0 Å². The van der Waals surface area contributed by atoms with Crippen molar-refractivity contribution in [2.45, 2.75) is 29.9 Å². The van der Waals surface area contributed by atoms with Gasteiger partial charge in [-0.3, -0.25) is 0 Å². The fourth-order valence-electron chi connectivity index (χ4n) is 1.73. The van der Waals surface area contributed by atoms with Gasteiger partial charge in [0.05, 0.1) is 6.61 Å². The first-order valence-corrected chi connectivity index (χ1v) is 7.61. The van der Waals surface area contributed by atoms with E-state index in [9.17, 15) is 0 Å². The third kappa shape index (κ3) is 5.72. The topological polar surface area (TPSA) is 35.0 Å². The summed E-state index contributed by atoms with van der Waals surface area (Å²) in [5, 5.41) is 1.05. The van der Waals surface area contributed by atoms with Crippen molar-refractivity contribution < 1.29 is 4.74 Å². The maximum Gasteiger partial charge on any atom is 0.187 e. The SMILES string of the molecule is [CH2]C(CCCOCc1ccccc1)Sc1ncccn1. The Hall–Kier alpha value is -1.39. The van der Waals surface area contributed by atoms with Crippen LogP contribution in [0.4, 0.5) is 0 Å². The van der Waals surface area contributed by atoms with Crippen LogP contribution < -0.4 is 0 Å². The Labute approximate surface area is 124 Å². The second kappa shape index (κ2) is 8.72. The van der Waals surface area contributed by atoms with Crippen LogP contribution in [0.15, 0.2) is 53.9 Å². The van der Waals surface area contributed by atoms with Crippen molar-refractivity contribution in [3.63, 3.8) is 0 Å². The molecular formula is C16H19N2OS. The van der Waals surface area contributed by atoms with Crippen molar-refractivity contribution in [1.82, 2.24) is 9.97 Å². The van der Waals surface area contributed by atoms with E-state index in [1.807, 2.05) is 24.3 Å². The molecule has 0 bridgehead atoms. The van der Waals surface area contributed by atoms with Crippen LogP contribution in [0, 0.1) is 6.92 Å². The number of hydrogen-bond acceptors (Lipinski definition) is 4. The molecule has 2 rings (SSSR count). The van der Waals surface area contributed by atoms with Crippen molar-refractivity contribution in [3.05, 3.63) is 61.3 Å². The largest absolute Gasteiger partial charge is 0.377 e. The molecule has 1 aromatic carbocycles. The zero-order valence-electron chi connectivity index (χ0n) is 11.4. The zero-order chi connectivity index (χ0) is 14.0. The van der Waals surface area contributed by atoms with Crippen LogP contribution >= 0.6 is 11.8 Å². The van der Waals surface area contributed by atoms with Crippen molar-refractivity contribution >= 4 is 11.8 Å². The minimum absolute atomic E-state index is 0.262. The number of nitrogens with zero attached hydrogens (tertiary/aromatic N) is 2. The van der Waals surface area contributed by atoms with Crippen molar-refractivity contribution in [2.24, 2.45) is 0 Å². The predicted molar refractivity (Wildman–Crippen MR) is 82.4 cm³/mol. The summed E-state index contributed by atoms with van der Waals surface area (Å²) in [6, 6.07) is 12.0. The molecule has 2 aromatic rings. The molecule has 0 saturated carbocycles. The molecule has 1 radical (unpaired) electrons. The molecule has 0 fully saturated rings. The van der Waals surface area contributed by atoms with Crippen LogP contribution in [-0.4, -0.2) is 21.8 Å². The van der Waals surface area contributed by atoms with Gasteiger partial charge in [-0.15, -0.1) is 0 Å². The number of thioether (sulfide) groups is 1. The molecule has 0 N–H and O–H groups in total. The van der Waals surface area contributed by atoms with Gasteiger partial charge in [0.15, 0.2) is 5.16 Å². The summed E-state index contributed by atoms with van der Waals surface area (Å²) in [6.45, 7) is 5.56. The molecule has 0 spiro atoms. The predicted octanol–water partition coefficient (Wildman–Crippen LogP) is 3.77. The second-order valence-corrected chi connectivity index (χ2v) is 5.72. The normalized spacial score (nSPS) is 12.2. The molecular weight excluding hydrogens is 268 g/mol. The molecule has 0 aliphatic carbocycles. The van der Waals surface area contributed by atoms with Crippen LogP contribution in [0.3, 0.4) is 0 Å². The molecule has 0 amide bonds. The minimum atomic E-state index is 0.262. The van der Waals surface area contributed by atoms with E-state index >= 15 is 0 Å². The van der Waals surface area contributed by atoms with Gasteiger partial charge in [0.2, 0.25) is 0 Å². The standard InChI is InChI=1S/C16H19N2OS/c1-14(20-16-17-10-6-11-18-16)7-5-12-19-13-15-8-3-2-4-9-15/h2-4,6,8-11,14H,1,5,7,12-13H2. The van der Waals surface area contributed by atoms with Gasteiger partial charge in [-0.1, -0.05) is 42.1 Å². The molecule has 105 valence electrons. The van der Waals surface area contributed by atoms with Crippen molar-refractivity contribution in [1.29, 1.82) is 0 Å². The van der Waals surface area contributed by atoms with Gasteiger partial charge < -0.3 is 4.74 Å². The Morgan fingerprint density at radius 3 is 2.60 bits per heavy atom. The Morgan fingerprint density at radius 1 is 1.10 bits per heavy atom.